The molecule has 0 aliphatic carbocycles. The first-order chi connectivity index (χ1) is 19.2. The third-order valence-electron chi connectivity index (χ3n) is 8.77. The zero-order valence-electron chi connectivity index (χ0n) is 25.4. The molecule has 214 valence electrons. The molecule has 0 bridgehead atoms. The molecular formula is C37H56N2. The fourth-order valence-corrected chi connectivity index (χ4v) is 6.36. The maximum absolute atomic E-state index is 5.09. The predicted octanol–water partition coefficient (Wildman–Crippen LogP) is 11.1. The van der Waals surface area contributed by atoms with E-state index in [9.17, 15) is 0 Å². The average Bonchev–Trinajstić information content (AvgIpc) is 3.43. The Hall–Kier alpha value is -2.35. The Labute approximate surface area is 240 Å². The number of nitrogens with zero attached hydrogens (tertiary/aromatic N) is 2. The molecule has 0 saturated heterocycles. The van der Waals surface area contributed by atoms with Crippen molar-refractivity contribution in [3.8, 4) is 0 Å². The Bertz CT molecular complexity index is 993. The van der Waals surface area contributed by atoms with E-state index in [0.717, 1.165) is 13.0 Å². The van der Waals surface area contributed by atoms with E-state index in [1.54, 1.807) is 0 Å². The van der Waals surface area contributed by atoms with Crippen molar-refractivity contribution in [1.29, 1.82) is 0 Å². The van der Waals surface area contributed by atoms with Crippen LogP contribution >= 0.6 is 0 Å². The highest BCUT2D eigenvalue weighted by molar-refractivity contribution is 5.33. The topological polar surface area (TPSA) is 17.8 Å². The summed E-state index contributed by atoms with van der Waals surface area (Å²) in [5, 5.41) is 0. The van der Waals surface area contributed by atoms with Gasteiger partial charge in [0.25, 0.3) is 0 Å². The van der Waals surface area contributed by atoms with E-state index in [0.29, 0.717) is 5.92 Å². The first-order valence-electron chi connectivity index (χ1n) is 16.3. The summed E-state index contributed by atoms with van der Waals surface area (Å²) in [4.78, 5) is 5.09. The van der Waals surface area contributed by atoms with Gasteiger partial charge in [-0.3, -0.25) is 0 Å². The molecular weight excluding hydrogens is 472 g/mol. The highest BCUT2D eigenvalue weighted by Gasteiger charge is 2.39. The van der Waals surface area contributed by atoms with Gasteiger partial charge in [-0.15, -0.1) is 0 Å². The number of unbranched alkanes of at least 4 members (excludes halogenated alkanes) is 12. The van der Waals surface area contributed by atoms with Gasteiger partial charge in [0.1, 0.15) is 5.82 Å². The second kappa shape index (κ2) is 18.1. The van der Waals surface area contributed by atoms with Crippen molar-refractivity contribution in [1.82, 2.24) is 9.55 Å². The smallest absolute Gasteiger partial charge is 0.112 e. The molecule has 0 amide bonds. The van der Waals surface area contributed by atoms with E-state index in [-0.39, 0.29) is 5.41 Å². The van der Waals surface area contributed by atoms with Crippen molar-refractivity contribution in [2.75, 3.05) is 0 Å². The normalized spacial score (nSPS) is 13.8. The molecule has 3 rings (SSSR count). The van der Waals surface area contributed by atoms with Gasteiger partial charge in [-0.2, -0.15) is 0 Å². The van der Waals surface area contributed by atoms with Crippen molar-refractivity contribution >= 4 is 0 Å². The average molecular weight is 529 g/mol. The van der Waals surface area contributed by atoms with Gasteiger partial charge in [0.05, 0.1) is 0 Å². The van der Waals surface area contributed by atoms with E-state index in [1.807, 2.05) is 0 Å². The highest BCUT2D eigenvalue weighted by Crippen LogP contribution is 2.44. The number of imidazole rings is 1. The number of rotatable bonds is 21. The van der Waals surface area contributed by atoms with Gasteiger partial charge < -0.3 is 4.57 Å². The van der Waals surface area contributed by atoms with E-state index < -0.39 is 0 Å². The summed E-state index contributed by atoms with van der Waals surface area (Å²) in [5.41, 5.74) is 2.83. The zero-order valence-corrected chi connectivity index (χ0v) is 25.4. The second-order valence-electron chi connectivity index (χ2n) is 12.0. The van der Waals surface area contributed by atoms with Crippen LogP contribution in [-0.4, -0.2) is 9.55 Å². The molecule has 2 atom stereocenters. The van der Waals surface area contributed by atoms with Crippen molar-refractivity contribution in [2.24, 2.45) is 0 Å². The summed E-state index contributed by atoms with van der Waals surface area (Å²) in [6, 6.07) is 22.4. The molecule has 0 aliphatic rings. The second-order valence-corrected chi connectivity index (χ2v) is 12.0. The lowest BCUT2D eigenvalue weighted by Crippen LogP contribution is -2.35. The largest absolute Gasteiger partial charge is 0.335 e. The summed E-state index contributed by atoms with van der Waals surface area (Å²) in [5.74, 6) is 1.68. The van der Waals surface area contributed by atoms with E-state index in [1.165, 1.54) is 113 Å². The van der Waals surface area contributed by atoms with Crippen LogP contribution in [0.25, 0.3) is 0 Å². The predicted molar refractivity (Wildman–Crippen MR) is 170 cm³/mol. The van der Waals surface area contributed by atoms with E-state index >= 15 is 0 Å². The Morgan fingerprint density at radius 2 is 1.21 bits per heavy atom. The molecule has 3 aromatic rings. The minimum absolute atomic E-state index is 0.0194. The zero-order chi connectivity index (χ0) is 27.6. The van der Waals surface area contributed by atoms with Gasteiger partial charge in [-0.1, -0.05) is 165 Å². The minimum atomic E-state index is -0.0194. The fourth-order valence-electron chi connectivity index (χ4n) is 6.36. The molecule has 1 heterocycles. The van der Waals surface area contributed by atoms with Crippen LogP contribution < -0.4 is 0 Å². The van der Waals surface area contributed by atoms with Crippen molar-refractivity contribution < 1.29 is 0 Å². The van der Waals surface area contributed by atoms with Gasteiger partial charge in [0, 0.05) is 30.3 Å². The van der Waals surface area contributed by atoms with Crippen molar-refractivity contribution in [2.45, 2.75) is 141 Å². The maximum atomic E-state index is 5.09. The highest BCUT2D eigenvalue weighted by atomic mass is 15.1. The molecule has 2 aromatic carbocycles. The van der Waals surface area contributed by atoms with Gasteiger partial charge in [-0.25, -0.2) is 4.98 Å². The molecule has 0 radical (unpaired) electrons. The maximum Gasteiger partial charge on any atom is 0.112 e. The minimum Gasteiger partial charge on any atom is -0.335 e. The summed E-state index contributed by atoms with van der Waals surface area (Å²) in [7, 11) is 0. The van der Waals surface area contributed by atoms with Crippen LogP contribution in [0.5, 0.6) is 0 Å². The third kappa shape index (κ3) is 10.3. The van der Waals surface area contributed by atoms with Crippen LogP contribution in [0.3, 0.4) is 0 Å². The van der Waals surface area contributed by atoms with Crippen LogP contribution in [0.1, 0.15) is 140 Å². The lowest BCUT2D eigenvalue weighted by molar-refractivity contribution is 0.321. The first kappa shape index (κ1) is 31.2. The SMILES string of the molecule is CCCCCCCCCCn1ccnc1C(CCCCCCCC)C(C)(Cc1ccccc1)c1ccccc1. The monoisotopic (exact) mass is 528 g/mol. The third-order valence-corrected chi connectivity index (χ3v) is 8.77. The molecule has 2 unspecified atom stereocenters. The Balaban J connectivity index is 1.79. The number of hydrogen-bond acceptors (Lipinski definition) is 1. The Morgan fingerprint density at radius 3 is 1.82 bits per heavy atom. The van der Waals surface area contributed by atoms with Crippen LogP contribution in [0, 0.1) is 0 Å². The fraction of sp³-hybridized carbons (Fsp3) is 0.595. The molecule has 0 spiro atoms. The van der Waals surface area contributed by atoms with E-state index in [4.69, 9.17) is 4.98 Å². The molecule has 39 heavy (non-hydrogen) atoms. The summed E-state index contributed by atoms with van der Waals surface area (Å²) in [6.07, 6.45) is 25.4. The number of aryl methyl sites for hydroxylation is 1. The van der Waals surface area contributed by atoms with Crippen molar-refractivity contribution in [3.63, 3.8) is 0 Å². The molecule has 0 aliphatic heterocycles. The number of benzene rings is 2. The van der Waals surface area contributed by atoms with Crippen LogP contribution in [0.2, 0.25) is 0 Å². The molecule has 0 saturated carbocycles. The number of aromatic nitrogens is 2. The van der Waals surface area contributed by atoms with Crippen LogP contribution in [0.15, 0.2) is 73.1 Å². The lowest BCUT2D eigenvalue weighted by atomic mass is 9.66. The Morgan fingerprint density at radius 1 is 0.667 bits per heavy atom. The number of hydrogen-bond donors (Lipinski definition) is 0. The molecule has 0 N–H and O–H groups in total. The van der Waals surface area contributed by atoms with E-state index in [2.05, 4.69) is 98.4 Å². The first-order valence-corrected chi connectivity index (χ1v) is 16.3. The standard InChI is InChI=1S/C37H56N2/c1-4-6-8-10-12-13-15-23-30-39-31-29-38-36(39)35(28-22-14-11-9-7-5-2)37(3,34-26-20-17-21-27-34)32-33-24-18-16-19-25-33/h16-21,24-27,29,31,35H,4-15,22-23,28,30,32H2,1-3H3. The van der Waals surface area contributed by atoms with Gasteiger partial charge in [-0.05, 0) is 30.4 Å². The molecule has 2 heteroatoms. The molecule has 0 fully saturated rings. The van der Waals surface area contributed by atoms with Gasteiger partial charge >= 0.3 is 0 Å². The van der Waals surface area contributed by atoms with Gasteiger partial charge in [0.15, 0.2) is 0 Å². The van der Waals surface area contributed by atoms with Gasteiger partial charge in [0.2, 0.25) is 0 Å². The summed E-state index contributed by atoms with van der Waals surface area (Å²) in [6.45, 7) is 8.20. The Kier molecular flexibility index (Phi) is 14.5. The summed E-state index contributed by atoms with van der Waals surface area (Å²) >= 11 is 0. The molecule has 1 aromatic heterocycles. The summed E-state index contributed by atoms with van der Waals surface area (Å²) < 4.78 is 2.50. The van der Waals surface area contributed by atoms with Crippen molar-refractivity contribution in [3.05, 3.63) is 90.0 Å². The van der Waals surface area contributed by atoms with Crippen LogP contribution in [-0.2, 0) is 18.4 Å². The lowest BCUT2D eigenvalue weighted by Gasteiger charge is -2.39. The molecule has 2 nitrogen and oxygen atoms in total. The van der Waals surface area contributed by atoms with Crippen LogP contribution in [0.4, 0.5) is 0 Å². The quantitative estimate of drug-likeness (QED) is 0.126.